The van der Waals surface area contributed by atoms with E-state index in [0.717, 1.165) is 19.3 Å². The summed E-state index contributed by atoms with van der Waals surface area (Å²) >= 11 is 0. The normalized spacial score (nSPS) is 35.5. The molecule has 0 amide bonds. The smallest absolute Gasteiger partial charge is 0.302 e. The Hall–Kier alpha value is -1.42. The molecule has 0 spiro atoms. The van der Waals surface area contributed by atoms with Gasteiger partial charge in [-0.3, -0.25) is 9.59 Å². The van der Waals surface area contributed by atoms with Crippen molar-refractivity contribution in [3.8, 4) is 0 Å². The predicted molar refractivity (Wildman–Crippen MR) is 79.5 cm³/mol. The highest BCUT2D eigenvalue weighted by molar-refractivity contribution is 5.96. The van der Waals surface area contributed by atoms with Crippen molar-refractivity contribution in [2.24, 2.45) is 17.3 Å². The lowest BCUT2D eigenvalue weighted by Gasteiger charge is -2.53. The summed E-state index contributed by atoms with van der Waals surface area (Å²) in [6, 6.07) is 0. The quantitative estimate of drug-likeness (QED) is 0.641. The fraction of sp³-hybridized carbons (Fsp3) is 0.647. The zero-order valence-corrected chi connectivity index (χ0v) is 12.9. The maximum Gasteiger partial charge on any atom is 0.302 e. The molecule has 0 aromatic heterocycles. The Morgan fingerprint density at radius 1 is 1.57 bits per heavy atom. The van der Waals surface area contributed by atoms with E-state index in [1.165, 1.54) is 12.5 Å². The number of aliphatic hydroxyl groups excluding tert-OH is 1. The van der Waals surface area contributed by atoms with Gasteiger partial charge in [-0.15, -0.1) is 0 Å². The van der Waals surface area contributed by atoms with Gasteiger partial charge in [0.25, 0.3) is 0 Å². The van der Waals surface area contributed by atoms with E-state index in [0.29, 0.717) is 17.9 Å². The minimum Gasteiger partial charge on any atom is -0.461 e. The van der Waals surface area contributed by atoms with Crippen LogP contribution >= 0.6 is 0 Å². The first-order valence-corrected chi connectivity index (χ1v) is 7.51. The van der Waals surface area contributed by atoms with E-state index in [9.17, 15) is 14.7 Å². The Morgan fingerprint density at radius 3 is 2.90 bits per heavy atom. The second-order valence-electron chi connectivity index (χ2n) is 6.56. The van der Waals surface area contributed by atoms with Gasteiger partial charge in [-0.25, -0.2) is 0 Å². The molecule has 2 rings (SSSR count). The number of hydrogen-bond acceptors (Lipinski definition) is 4. The SMILES string of the molecule is C=C1CC/C=C(\COC(C)=O)C(=O)C[C@@H]2[C@@H]1C[C@@]2(C)CO. The molecule has 116 valence electrons. The van der Waals surface area contributed by atoms with Crippen LogP contribution in [-0.2, 0) is 14.3 Å². The van der Waals surface area contributed by atoms with E-state index in [2.05, 4.69) is 6.58 Å². The number of carbonyl (C=O) groups excluding carboxylic acids is 2. The van der Waals surface area contributed by atoms with E-state index in [1.807, 2.05) is 13.0 Å². The number of rotatable bonds is 3. The van der Waals surface area contributed by atoms with E-state index in [-0.39, 0.29) is 36.3 Å². The minimum absolute atomic E-state index is 0.0281. The summed E-state index contributed by atoms with van der Waals surface area (Å²) in [6.07, 6.45) is 4.77. The second-order valence-corrected chi connectivity index (χ2v) is 6.56. The Labute approximate surface area is 125 Å². The summed E-state index contributed by atoms with van der Waals surface area (Å²) in [5, 5.41) is 9.61. The minimum atomic E-state index is -0.380. The first kappa shape index (κ1) is 16.0. The van der Waals surface area contributed by atoms with E-state index in [1.54, 1.807) is 0 Å². The third-order valence-electron chi connectivity index (χ3n) is 5.00. The van der Waals surface area contributed by atoms with Crippen molar-refractivity contribution in [1.29, 1.82) is 0 Å². The van der Waals surface area contributed by atoms with Crippen molar-refractivity contribution in [2.45, 2.75) is 39.5 Å². The molecule has 1 N–H and O–H groups in total. The summed E-state index contributed by atoms with van der Waals surface area (Å²) in [4.78, 5) is 23.4. The predicted octanol–water partition coefficient (Wildman–Crippen LogP) is 2.42. The van der Waals surface area contributed by atoms with Crippen LogP contribution in [0, 0.1) is 17.3 Å². The number of fused-ring (bicyclic) bond motifs is 1. The molecular formula is C17H24O4. The van der Waals surface area contributed by atoms with Crippen molar-refractivity contribution < 1.29 is 19.4 Å². The van der Waals surface area contributed by atoms with Crippen molar-refractivity contribution in [2.75, 3.05) is 13.2 Å². The Bertz CT molecular complexity index is 491. The number of Topliss-reactive ketones (excluding diaryl/α,β-unsaturated/α-hetero) is 1. The van der Waals surface area contributed by atoms with Gasteiger partial charge in [-0.2, -0.15) is 0 Å². The summed E-state index contributed by atoms with van der Waals surface area (Å²) < 4.78 is 4.97. The Morgan fingerprint density at radius 2 is 2.29 bits per heavy atom. The van der Waals surface area contributed by atoms with E-state index in [4.69, 9.17) is 4.74 Å². The van der Waals surface area contributed by atoms with Crippen LogP contribution < -0.4 is 0 Å². The van der Waals surface area contributed by atoms with Crippen LogP contribution in [0.4, 0.5) is 0 Å². The fourth-order valence-electron chi connectivity index (χ4n) is 3.50. The lowest BCUT2D eigenvalue weighted by atomic mass is 9.51. The molecule has 4 nitrogen and oxygen atoms in total. The first-order valence-electron chi connectivity index (χ1n) is 7.51. The highest BCUT2D eigenvalue weighted by atomic mass is 16.5. The monoisotopic (exact) mass is 292 g/mol. The van der Waals surface area contributed by atoms with Crippen molar-refractivity contribution in [3.05, 3.63) is 23.8 Å². The topological polar surface area (TPSA) is 63.6 Å². The van der Waals surface area contributed by atoms with Crippen molar-refractivity contribution in [1.82, 2.24) is 0 Å². The zero-order chi connectivity index (χ0) is 15.6. The van der Waals surface area contributed by atoms with Gasteiger partial charge in [0.1, 0.15) is 6.61 Å². The molecule has 2 aliphatic rings. The molecule has 1 fully saturated rings. The molecule has 1 saturated carbocycles. The number of ketones is 1. The summed E-state index contributed by atoms with van der Waals surface area (Å²) in [7, 11) is 0. The van der Waals surface area contributed by atoms with Gasteiger partial charge in [-0.1, -0.05) is 25.2 Å². The molecule has 0 bridgehead atoms. The maximum atomic E-state index is 12.5. The highest BCUT2D eigenvalue weighted by Gasteiger charge is 2.51. The molecule has 2 aliphatic carbocycles. The fourth-order valence-corrected chi connectivity index (χ4v) is 3.50. The molecule has 0 aliphatic heterocycles. The molecule has 0 heterocycles. The second kappa shape index (κ2) is 6.14. The van der Waals surface area contributed by atoms with Crippen LogP contribution in [0.1, 0.15) is 39.5 Å². The van der Waals surface area contributed by atoms with Crippen molar-refractivity contribution in [3.63, 3.8) is 0 Å². The van der Waals surface area contributed by atoms with E-state index >= 15 is 0 Å². The number of allylic oxidation sites excluding steroid dienone is 2. The average molecular weight is 292 g/mol. The van der Waals surface area contributed by atoms with Gasteiger partial charge in [0.05, 0.1) is 0 Å². The highest BCUT2D eigenvalue weighted by Crippen LogP contribution is 2.56. The summed E-state index contributed by atoms with van der Waals surface area (Å²) in [6.45, 7) is 7.67. The van der Waals surface area contributed by atoms with Crippen LogP contribution in [0.3, 0.4) is 0 Å². The summed E-state index contributed by atoms with van der Waals surface area (Å²) in [5.41, 5.74) is 1.55. The molecule has 0 saturated heterocycles. The Kier molecular flexibility index (Phi) is 4.67. The maximum absolute atomic E-state index is 12.5. The number of hydrogen-bond donors (Lipinski definition) is 1. The number of ether oxygens (including phenoxy) is 1. The lowest BCUT2D eigenvalue weighted by molar-refractivity contribution is -0.140. The third-order valence-corrected chi connectivity index (χ3v) is 5.00. The standard InChI is InChI=1S/C17H24O4/c1-11-5-4-6-13(9-21-12(2)19)16(20)7-15-14(11)8-17(15,3)10-18/h6,14-15,18H,1,4-5,7-10H2,2-3H3/b13-6+/t14-,15-,17+/m1/s1. The largest absolute Gasteiger partial charge is 0.461 e. The summed E-state index contributed by atoms with van der Waals surface area (Å²) in [5.74, 6) is 0.115. The molecule has 21 heavy (non-hydrogen) atoms. The number of esters is 1. The molecule has 0 radical (unpaired) electrons. The van der Waals surface area contributed by atoms with Crippen LogP contribution in [0.5, 0.6) is 0 Å². The Balaban J connectivity index is 2.15. The van der Waals surface area contributed by atoms with Crippen LogP contribution in [0.15, 0.2) is 23.8 Å². The van der Waals surface area contributed by atoms with Crippen LogP contribution in [0.2, 0.25) is 0 Å². The lowest BCUT2D eigenvalue weighted by Crippen LogP contribution is -2.49. The van der Waals surface area contributed by atoms with Crippen LogP contribution in [0.25, 0.3) is 0 Å². The average Bonchev–Trinajstić information content (AvgIpc) is 2.48. The molecule has 4 heteroatoms. The van der Waals surface area contributed by atoms with Gasteiger partial charge in [-0.05, 0) is 36.5 Å². The van der Waals surface area contributed by atoms with E-state index < -0.39 is 0 Å². The van der Waals surface area contributed by atoms with Gasteiger partial charge in [0, 0.05) is 25.5 Å². The van der Waals surface area contributed by atoms with Crippen molar-refractivity contribution >= 4 is 11.8 Å². The molecule has 0 aromatic rings. The third kappa shape index (κ3) is 3.26. The van der Waals surface area contributed by atoms with Gasteiger partial charge in [0.2, 0.25) is 0 Å². The van der Waals surface area contributed by atoms with Gasteiger partial charge in [0.15, 0.2) is 5.78 Å². The van der Waals surface area contributed by atoms with Crippen LogP contribution in [-0.4, -0.2) is 30.1 Å². The molecule has 3 atom stereocenters. The zero-order valence-electron chi connectivity index (χ0n) is 12.9. The van der Waals surface area contributed by atoms with Gasteiger partial charge >= 0.3 is 5.97 Å². The molecule has 0 unspecified atom stereocenters. The molecule has 0 aromatic carbocycles. The molecular weight excluding hydrogens is 268 g/mol. The first-order chi connectivity index (χ1) is 9.87. The van der Waals surface area contributed by atoms with Gasteiger partial charge < -0.3 is 9.84 Å². The number of carbonyl (C=O) groups is 2. The number of aliphatic hydroxyl groups is 1.